The zero-order chi connectivity index (χ0) is 16.7. The summed E-state index contributed by atoms with van der Waals surface area (Å²) in [4.78, 5) is 27.0. The van der Waals surface area contributed by atoms with Gasteiger partial charge in [0, 0.05) is 0 Å². The molecule has 4 heteroatoms. The van der Waals surface area contributed by atoms with E-state index >= 15 is 0 Å². The molecular formula is C20H19NO3. The van der Waals surface area contributed by atoms with Crippen molar-refractivity contribution in [1.82, 2.24) is 4.90 Å². The standard InChI is InChI=1S/C20H19NO3/c1-24-18(22)17-20(12-13-20)19(23)21(17)16(14-8-4-2-5-9-14)15-10-6-3-7-11-15/h2-11,16-17H,12-13H2,1H3. The number of carbonyl (C=O) groups is 2. The van der Waals surface area contributed by atoms with Crippen LogP contribution in [-0.4, -0.2) is 29.9 Å². The lowest BCUT2D eigenvalue weighted by Gasteiger charge is -2.50. The van der Waals surface area contributed by atoms with E-state index in [9.17, 15) is 9.59 Å². The van der Waals surface area contributed by atoms with E-state index < -0.39 is 11.5 Å². The topological polar surface area (TPSA) is 46.6 Å². The molecule has 1 aliphatic carbocycles. The number of hydrogen-bond acceptors (Lipinski definition) is 3. The van der Waals surface area contributed by atoms with E-state index in [1.165, 1.54) is 7.11 Å². The summed E-state index contributed by atoms with van der Waals surface area (Å²) in [5, 5.41) is 0. The molecule has 1 heterocycles. The second kappa shape index (κ2) is 5.48. The number of benzene rings is 2. The molecule has 2 aromatic rings. The van der Waals surface area contributed by atoms with Gasteiger partial charge in [-0.25, -0.2) is 4.79 Å². The largest absolute Gasteiger partial charge is 0.467 e. The normalized spacial score (nSPS) is 20.8. The van der Waals surface area contributed by atoms with Crippen LogP contribution < -0.4 is 0 Å². The Morgan fingerprint density at radius 1 is 1.04 bits per heavy atom. The summed E-state index contributed by atoms with van der Waals surface area (Å²) in [5.74, 6) is -0.250. The Bertz CT molecular complexity index is 728. The van der Waals surface area contributed by atoms with Crippen molar-refractivity contribution in [2.75, 3.05) is 7.11 Å². The van der Waals surface area contributed by atoms with Gasteiger partial charge in [0.25, 0.3) is 0 Å². The summed E-state index contributed by atoms with van der Waals surface area (Å²) >= 11 is 0. The van der Waals surface area contributed by atoms with Crippen molar-refractivity contribution in [1.29, 1.82) is 0 Å². The van der Waals surface area contributed by atoms with Gasteiger partial charge in [0.05, 0.1) is 18.6 Å². The Balaban J connectivity index is 1.79. The van der Waals surface area contributed by atoms with Gasteiger partial charge in [-0.3, -0.25) is 4.79 Å². The van der Waals surface area contributed by atoms with Gasteiger partial charge in [-0.1, -0.05) is 60.7 Å². The molecule has 2 fully saturated rings. The molecule has 0 aromatic heterocycles. The third kappa shape index (κ3) is 2.06. The Hall–Kier alpha value is -2.62. The zero-order valence-corrected chi connectivity index (χ0v) is 13.5. The molecule has 1 spiro atoms. The molecule has 4 nitrogen and oxygen atoms in total. The third-order valence-corrected chi connectivity index (χ3v) is 5.18. The summed E-state index contributed by atoms with van der Waals surface area (Å²) in [5.41, 5.74) is 1.50. The van der Waals surface area contributed by atoms with Crippen molar-refractivity contribution in [2.24, 2.45) is 5.41 Å². The molecule has 0 N–H and O–H groups in total. The molecule has 1 unspecified atom stereocenters. The summed E-state index contributed by atoms with van der Waals surface area (Å²) in [6.07, 6.45) is 1.55. The Morgan fingerprint density at radius 2 is 1.54 bits per heavy atom. The summed E-state index contributed by atoms with van der Waals surface area (Å²) < 4.78 is 5.00. The van der Waals surface area contributed by atoms with E-state index in [0.717, 1.165) is 24.0 Å². The van der Waals surface area contributed by atoms with Crippen molar-refractivity contribution < 1.29 is 14.3 Å². The van der Waals surface area contributed by atoms with E-state index in [2.05, 4.69) is 0 Å². The number of carbonyl (C=O) groups excluding carboxylic acids is 2. The lowest BCUT2D eigenvalue weighted by atomic mass is 9.79. The highest BCUT2D eigenvalue weighted by Crippen LogP contribution is 2.61. The number of methoxy groups -OCH3 is 1. The first-order valence-electron chi connectivity index (χ1n) is 8.19. The first-order valence-corrected chi connectivity index (χ1v) is 8.19. The lowest BCUT2D eigenvalue weighted by molar-refractivity contribution is -0.179. The minimum Gasteiger partial charge on any atom is -0.467 e. The summed E-state index contributed by atoms with van der Waals surface area (Å²) in [7, 11) is 1.39. The fourth-order valence-electron chi connectivity index (χ4n) is 3.81. The molecule has 1 atom stereocenters. The first-order chi connectivity index (χ1) is 11.7. The van der Waals surface area contributed by atoms with Crippen molar-refractivity contribution in [3.05, 3.63) is 71.8 Å². The molecule has 2 aliphatic rings. The van der Waals surface area contributed by atoms with E-state index in [4.69, 9.17) is 4.74 Å². The molecule has 1 saturated carbocycles. The van der Waals surface area contributed by atoms with Gasteiger partial charge in [0.1, 0.15) is 6.04 Å². The molecule has 0 bridgehead atoms. The van der Waals surface area contributed by atoms with Gasteiger partial charge in [0.2, 0.25) is 5.91 Å². The number of rotatable bonds is 4. The van der Waals surface area contributed by atoms with E-state index in [1.54, 1.807) is 4.90 Å². The van der Waals surface area contributed by atoms with Crippen LogP contribution in [0.15, 0.2) is 60.7 Å². The van der Waals surface area contributed by atoms with Crippen LogP contribution in [0.25, 0.3) is 0 Å². The van der Waals surface area contributed by atoms with Gasteiger partial charge in [-0.2, -0.15) is 0 Å². The highest BCUT2D eigenvalue weighted by atomic mass is 16.5. The van der Waals surface area contributed by atoms with Crippen LogP contribution in [-0.2, 0) is 14.3 Å². The molecule has 24 heavy (non-hydrogen) atoms. The number of esters is 1. The van der Waals surface area contributed by atoms with E-state index in [0.29, 0.717) is 0 Å². The number of hydrogen-bond donors (Lipinski definition) is 0. The van der Waals surface area contributed by atoms with E-state index in [-0.39, 0.29) is 17.9 Å². The van der Waals surface area contributed by atoms with Crippen molar-refractivity contribution in [2.45, 2.75) is 24.9 Å². The zero-order valence-electron chi connectivity index (χ0n) is 13.5. The molecule has 4 rings (SSSR count). The predicted molar refractivity (Wildman–Crippen MR) is 89.0 cm³/mol. The van der Waals surface area contributed by atoms with Crippen LogP contribution in [0.2, 0.25) is 0 Å². The third-order valence-electron chi connectivity index (χ3n) is 5.18. The Morgan fingerprint density at radius 3 is 1.96 bits per heavy atom. The minimum atomic E-state index is -0.505. The first kappa shape index (κ1) is 14.9. The second-order valence-corrected chi connectivity index (χ2v) is 6.52. The van der Waals surface area contributed by atoms with Gasteiger partial charge in [-0.15, -0.1) is 0 Å². The number of likely N-dealkylation sites (tertiary alicyclic amines) is 1. The fourth-order valence-corrected chi connectivity index (χ4v) is 3.81. The van der Waals surface area contributed by atoms with Gasteiger partial charge < -0.3 is 9.64 Å². The van der Waals surface area contributed by atoms with Crippen LogP contribution in [0.4, 0.5) is 0 Å². The van der Waals surface area contributed by atoms with Crippen LogP contribution in [0.5, 0.6) is 0 Å². The molecule has 2 aromatic carbocycles. The van der Waals surface area contributed by atoms with Crippen LogP contribution >= 0.6 is 0 Å². The quantitative estimate of drug-likeness (QED) is 0.642. The highest BCUT2D eigenvalue weighted by Gasteiger charge is 2.72. The smallest absolute Gasteiger partial charge is 0.329 e. The second-order valence-electron chi connectivity index (χ2n) is 6.52. The molecule has 122 valence electrons. The Kier molecular flexibility index (Phi) is 3.41. The summed E-state index contributed by atoms with van der Waals surface area (Å²) in [6.45, 7) is 0. The van der Waals surface area contributed by atoms with E-state index in [1.807, 2.05) is 60.7 Å². The number of nitrogens with zero attached hydrogens (tertiary/aromatic N) is 1. The molecule has 1 saturated heterocycles. The Labute approximate surface area is 141 Å². The average molecular weight is 321 g/mol. The number of ether oxygens (including phenoxy) is 1. The van der Waals surface area contributed by atoms with Crippen LogP contribution in [0, 0.1) is 5.41 Å². The molecular weight excluding hydrogens is 302 g/mol. The lowest BCUT2D eigenvalue weighted by Crippen LogP contribution is -2.67. The minimum absolute atomic E-state index is 0.0654. The maximum atomic E-state index is 12.9. The van der Waals surface area contributed by atoms with Gasteiger partial charge >= 0.3 is 5.97 Å². The fraction of sp³-hybridized carbons (Fsp3) is 0.300. The van der Waals surface area contributed by atoms with Crippen LogP contribution in [0.3, 0.4) is 0 Å². The number of amides is 1. The maximum absolute atomic E-state index is 12.9. The number of β-lactam (4-membered cyclic amide) rings is 1. The monoisotopic (exact) mass is 321 g/mol. The average Bonchev–Trinajstić information content (AvgIpc) is 3.45. The molecule has 1 aliphatic heterocycles. The van der Waals surface area contributed by atoms with Gasteiger partial charge in [-0.05, 0) is 24.0 Å². The molecule has 1 amide bonds. The van der Waals surface area contributed by atoms with Crippen molar-refractivity contribution in [3.8, 4) is 0 Å². The predicted octanol–water partition coefficient (Wildman–Crippen LogP) is 2.94. The SMILES string of the molecule is COC(=O)C1N(C(c2ccccc2)c2ccccc2)C(=O)C12CC2. The van der Waals surface area contributed by atoms with Crippen LogP contribution in [0.1, 0.15) is 30.0 Å². The van der Waals surface area contributed by atoms with Gasteiger partial charge in [0.15, 0.2) is 0 Å². The highest BCUT2D eigenvalue weighted by molar-refractivity contribution is 6.03. The van der Waals surface area contributed by atoms with Crippen molar-refractivity contribution >= 4 is 11.9 Å². The van der Waals surface area contributed by atoms with Crippen molar-refractivity contribution in [3.63, 3.8) is 0 Å². The maximum Gasteiger partial charge on any atom is 0.329 e. The summed E-state index contributed by atoms with van der Waals surface area (Å²) in [6, 6.07) is 18.9. The molecule has 0 radical (unpaired) electrons.